The van der Waals surface area contributed by atoms with Crippen molar-refractivity contribution in [3.05, 3.63) is 10.5 Å². The van der Waals surface area contributed by atoms with E-state index < -0.39 is 15.9 Å². The van der Waals surface area contributed by atoms with E-state index in [0.717, 1.165) is 12.8 Å². The number of amides is 1. The van der Waals surface area contributed by atoms with Crippen molar-refractivity contribution in [2.75, 3.05) is 0 Å². The average molecular weight is 187 g/mol. The molecule has 2 aliphatic rings. The summed E-state index contributed by atoms with van der Waals surface area (Å²) in [6, 6.07) is 0. The van der Waals surface area contributed by atoms with Gasteiger partial charge in [-0.25, -0.2) is 13.1 Å². The number of hydrogen-bond acceptors (Lipinski definition) is 3. The van der Waals surface area contributed by atoms with Gasteiger partial charge in [0.15, 0.2) is 0 Å². The van der Waals surface area contributed by atoms with Crippen molar-refractivity contribution >= 4 is 15.9 Å². The summed E-state index contributed by atoms with van der Waals surface area (Å²) >= 11 is 0. The molecule has 66 valence electrons. The van der Waals surface area contributed by atoms with E-state index in [9.17, 15) is 13.2 Å². The molecule has 0 aromatic carbocycles. The number of rotatable bonds is 0. The van der Waals surface area contributed by atoms with Crippen LogP contribution in [0.2, 0.25) is 0 Å². The van der Waals surface area contributed by atoms with Crippen molar-refractivity contribution in [2.45, 2.75) is 25.7 Å². The fourth-order valence-electron chi connectivity index (χ4n) is 1.66. The summed E-state index contributed by atoms with van der Waals surface area (Å²) in [5.41, 5.74) is 0.487. The van der Waals surface area contributed by atoms with Crippen LogP contribution >= 0.6 is 0 Å². The minimum Gasteiger partial charge on any atom is -0.269 e. The van der Waals surface area contributed by atoms with Crippen LogP contribution in [-0.2, 0) is 14.8 Å². The van der Waals surface area contributed by atoms with E-state index in [0.29, 0.717) is 23.3 Å². The first-order valence-electron chi connectivity index (χ1n) is 3.90. The Labute approximate surface area is 70.7 Å². The molecule has 1 heterocycles. The summed E-state index contributed by atoms with van der Waals surface area (Å²) in [6.07, 6.45) is 2.92. The molecular formula is C7H9NO3S. The summed E-state index contributed by atoms with van der Waals surface area (Å²) in [5, 5.41) is 0. The Hall–Kier alpha value is -0.840. The molecule has 1 aliphatic carbocycles. The quantitative estimate of drug-likeness (QED) is 0.592. The van der Waals surface area contributed by atoms with Crippen molar-refractivity contribution in [3.8, 4) is 0 Å². The van der Waals surface area contributed by atoms with Gasteiger partial charge in [-0.2, -0.15) is 0 Å². The van der Waals surface area contributed by atoms with E-state index in [1.165, 1.54) is 0 Å². The molecule has 1 amide bonds. The first-order chi connectivity index (χ1) is 5.61. The lowest BCUT2D eigenvalue weighted by Crippen LogP contribution is -2.23. The van der Waals surface area contributed by atoms with Crippen LogP contribution in [0.25, 0.3) is 0 Å². The van der Waals surface area contributed by atoms with E-state index in [1.807, 2.05) is 4.72 Å². The van der Waals surface area contributed by atoms with Gasteiger partial charge in [0.2, 0.25) is 0 Å². The first kappa shape index (κ1) is 7.79. The van der Waals surface area contributed by atoms with Gasteiger partial charge in [-0.3, -0.25) is 4.79 Å². The number of hydrogen-bond donors (Lipinski definition) is 1. The second kappa shape index (κ2) is 2.32. The van der Waals surface area contributed by atoms with E-state index in [2.05, 4.69) is 0 Å². The van der Waals surface area contributed by atoms with Crippen molar-refractivity contribution in [1.82, 2.24) is 4.72 Å². The maximum atomic E-state index is 11.2. The largest absolute Gasteiger partial charge is 0.269 e. The molecular weight excluding hydrogens is 178 g/mol. The smallest absolute Gasteiger partial charge is 0.261 e. The SMILES string of the molecule is O=C1NS(=O)(=O)C2=C1CCCC2. The van der Waals surface area contributed by atoms with Gasteiger partial charge >= 0.3 is 0 Å². The third-order valence-electron chi connectivity index (χ3n) is 2.24. The van der Waals surface area contributed by atoms with Crippen LogP contribution in [0.1, 0.15) is 25.7 Å². The Balaban J connectivity index is 2.55. The molecule has 4 nitrogen and oxygen atoms in total. The topological polar surface area (TPSA) is 63.2 Å². The molecule has 1 aliphatic heterocycles. The molecule has 0 unspecified atom stereocenters. The molecule has 0 saturated heterocycles. The average Bonchev–Trinajstić information content (AvgIpc) is 2.25. The number of sulfonamides is 1. The standard InChI is InChI=1S/C7H9NO3S/c9-7-5-3-1-2-4-6(5)12(10,11)8-7/h1-4H2,(H,8,9). The normalized spacial score (nSPS) is 26.8. The number of allylic oxidation sites excluding steroid dienone is 1. The zero-order valence-corrected chi connectivity index (χ0v) is 7.28. The van der Waals surface area contributed by atoms with Crippen LogP contribution in [0.5, 0.6) is 0 Å². The summed E-state index contributed by atoms with van der Waals surface area (Å²) in [4.78, 5) is 11.4. The predicted octanol–water partition coefficient (Wildman–Crippen LogP) is 0.274. The number of carbonyl (C=O) groups is 1. The van der Waals surface area contributed by atoms with Gasteiger partial charge in [0.25, 0.3) is 15.9 Å². The summed E-state index contributed by atoms with van der Waals surface area (Å²) in [7, 11) is -3.42. The Morgan fingerprint density at radius 2 is 1.83 bits per heavy atom. The fraction of sp³-hybridized carbons (Fsp3) is 0.571. The Morgan fingerprint density at radius 1 is 1.17 bits per heavy atom. The highest BCUT2D eigenvalue weighted by molar-refractivity contribution is 7.94. The summed E-state index contributed by atoms with van der Waals surface area (Å²) < 4.78 is 24.4. The van der Waals surface area contributed by atoms with Crippen molar-refractivity contribution in [1.29, 1.82) is 0 Å². The summed E-state index contributed by atoms with van der Waals surface area (Å²) in [5.74, 6) is -0.412. The van der Waals surface area contributed by atoms with Gasteiger partial charge in [0.05, 0.1) is 4.91 Å². The second-order valence-corrected chi connectivity index (χ2v) is 4.75. The van der Waals surface area contributed by atoms with Crippen LogP contribution in [0, 0.1) is 0 Å². The molecule has 0 bridgehead atoms. The molecule has 5 heteroatoms. The van der Waals surface area contributed by atoms with Crippen LogP contribution in [0.3, 0.4) is 0 Å². The Kier molecular flexibility index (Phi) is 1.51. The minimum absolute atomic E-state index is 0.332. The fourth-order valence-corrected chi connectivity index (χ4v) is 3.08. The second-order valence-electron chi connectivity index (χ2n) is 3.04. The molecule has 12 heavy (non-hydrogen) atoms. The molecule has 0 saturated carbocycles. The molecule has 2 rings (SSSR count). The number of carbonyl (C=O) groups excluding carboxylic acids is 1. The molecule has 0 fully saturated rings. The van der Waals surface area contributed by atoms with Crippen LogP contribution in [-0.4, -0.2) is 14.3 Å². The molecule has 0 aromatic rings. The van der Waals surface area contributed by atoms with Gasteiger partial charge in [-0.15, -0.1) is 0 Å². The maximum Gasteiger partial charge on any atom is 0.261 e. The van der Waals surface area contributed by atoms with E-state index >= 15 is 0 Å². The monoisotopic (exact) mass is 187 g/mol. The highest BCUT2D eigenvalue weighted by Crippen LogP contribution is 2.32. The molecule has 1 N–H and O–H groups in total. The van der Waals surface area contributed by atoms with Crippen molar-refractivity contribution in [2.24, 2.45) is 0 Å². The van der Waals surface area contributed by atoms with Crippen LogP contribution in [0.4, 0.5) is 0 Å². The highest BCUT2D eigenvalue weighted by Gasteiger charge is 2.36. The highest BCUT2D eigenvalue weighted by atomic mass is 32.2. The van der Waals surface area contributed by atoms with Crippen LogP contribution in [0.15, 0.2) is 10.5 Å². The third-order valence-corrected chi connectivity index (χ3v) is 3.80. The lowest BCUT2D eigenvalue weighted by atomic mass is 9.99. The Morgan fingerprint density at radius 3 is 2.50 bits per heavy atom. The van der Waals surface area contributed by atoms with Gasteiger partial charge < -0.3 is 0 Å². The Bertz CT molecular complexity index is 366. The van der Waals surface area contributed by atoms with Gasteiger partial charge in [0.1, 0.15) is 0 Å². The zero-order chi connectivity index (χ0) is 8.77. The molecule has 0 aromatic heterocycles. The lowest BCUT2D eigenvalue weighted by Gasteiger charge is -2.08. The lowest BCUT2D eigenvalue weighted by molar-refractivity contribution is -0.115. The number of nitrogens with one attached hydrogen (secondary N) is 1. The van der Waals surface area contributed by atoms with Gasteiger partial charge in [0, 0.05) is 5.57 Å². The third kappa shape index (κ3) is 0.964. The minimum atomic E-state index is -3.42. The summed E-state index contributed by atoms with van der Waals surface area (Å²) in [6.45, 7) is 0. The van der Waals surface area contributed by atoms with Gasteiger partial charge in [-0.05, 0) is 25.7 Å². The van der Waals surface area contributed by atoms with E-state index in [1.54, 1.807) is 0 Å². The molecule has 0 atom stereocenters. The molecule has 0 spiro atoms. The predicted molar refractivity (Wildman–Crippen MR) is 42.6 cm³/mol. The van der Waals surface area contributed by atoms with E-state index in [-0.39, 0.29) is 0 Å². The van der Waals surface area contributed by atoms with Gasteiger partial charge in [-0.1, -0.05) is 0 Å². The van der Waals surface area contributed by atoms with Crippen molar-refractivity contribution in [3.63, 3.8) is 0 Å². The maximum absolute atomic E-state index is 11.2. The van der Waals surface area contributed by atoms with E-state index in [4.69, 9.17) is 0 Å². The van der Waals surface area contributed by atoms with Crippen LogP contribution < -0.4 is 4.72 Å². The van der Waals surface area contributed by atoms with Crippen molar-refractivity contribution < 1.29 is 13.2 Å². The zero-order valence-electron chi connectivity index (χ0n) is 6.46. The first-order valence-corrected chi connectivity index (χ1v) is 5.39. The molecule has 0 radical (unpaired) electrons.